The molecule has 1 aliphatic rings. The van der Waals surface area contributed by atoms with Crippen LogP contribution in [0.2, 0.25) is 0 Å². The Morgan fingerprint density at radius 2 is 1.65 bits per heavy atom. The highest BCUT2D eigenvalue weighted by Gasteiger charge is 2.19. The van der Waals surface area contributed by atoms with Crippen molar-refractivity contribution in [2.75, 3.05) is 60.1 Å². The van der Waals surface area contributed by atoms with Crippen LogP contribution in [0.25, 0.3) is 22.3 Å². The second-order valence-electron chi connectivity index (χ2n) is 10.7. The summed E-state index contributed by atoms with van der Waals surface area (Å²) < 4.78 is 23.1. The molecule has 40 heavy (non-hydrogen) atoms. The molecule has 2 heterocycles. The lowest BCUT2D eigenvalue weighted by Crippen LogP contribution is -2.50. The van der Waals surface area contributed by atoms with Crippen molar-refractivity contribution < 1.29 is 23.4 Å². The predicted octanol–water partition coefficient (Wildman–Crippen LogP) is 4.01. The molecule has 1 amide bonds. The van der Waals surface area contributed by atoms with E-state index in [9.17, 15) is 9.59 Å². The molecule has 1 saturated heterocycles. The van der Waals surface area contributed by atoms with Crippen LogP contribution in [0.3, 0.4) is 0 Å². The lowest BCUT2D eigenvalue weighted by molar-refractivity contribution is -0.123. The van der Waals surface area contributed by atoms with Crippen LogP contribution in [-0.4, -0.2) is 81.8 Å². The first-order chi connectivity index (χ1) is 19.2. The highest BCUT2D eigenvalue weighted by Crippen LogP contribution is 2.34. The molecule has 0 saturated carbocycles. The predicted molar refractivity (Wildman–Crippen MR) is 157 cm³/mol. The monoisotopic (exact) mass is 551 g/mol. The van der Waals surface area contributed by atoms with Gasteiger partial charge in [0.15, 0.2) is 5.43 Å². The van der Waals surface area contributed by atoms with E-state index in [-0.39, 0.29) is 17.4 Å². The number of nitrogens with one attached hydrogen (secondary N) is 1. The van der Waals surface area contributed by atoms with Gasteiger partial charge in [0.2, 0.25) is 5.91 Å². The number of carbonyl (C=O) groups is 1. The first-order valence-corrected chi connectivity index (χ1v) is 13.9. The quantitative estimate of drug-likeness (QED) is 0.358. The van der Waals surface area contributed by atoms with Crippen molar-refractivity contribution in [2.24, 2.45) is 0 Å². The van der Waals surface area contributed by atoms with Crippen LogP contribution in [0.1, 0.15) is 31.4 Å². The second-order valence-corrected chi connectivity index (χ2v) is 10.7. The highest BCUT2D eigenvalue weighted by atomic mass is 16.5. The summed E-state index contributed by atoms with van der Waals surface area (Å²) in [4.78, 5) is 29.6. The summed E-state index contributed by atoms with van der Waals surface area (Å²) in [6.45, 7) is 13.7. The molecule has 4 rings (SSSR count). The number of methoxy groups -OCH3 is 2. The van der Waals surface area contributed by atoms with E-state index >= 15 is 0 Å². The molecule has 216 valence electrons. The lowest BCUT2D eigenvalue weighted by Gasteiger charge is -2.34. The van der Waals surface area contributed by atoms with Crippen LogP contribution < -0.4 is 25.0 Å². The molecule has 3 aromatic rings. The molecule has 0 atom stereocenters. The smallest absolute Gasteiger partial charge is 0.234 e. The summed E-state index contributed by atoms with van der Waals surface area (Å²) >= 11 is 0. The van der Waals surface area contributed by atoms with Crippen molar-refractivity contribution in [1.29, 1.82) is 0 Å². The summed E-state index contributed by atoms with van der Waals surface area (Å²) in [6.07, 6.45) is 0.914. The van der Waals surface area contributed by atoms with E-state index < -0.39 is 0 Å². The third kappa shape index (κ3) is 7.14. The topological polar surface area (TPSA) is 93.5 Å². The number of benzene rings is 2. The van der Waals surface area contributed by atoms with Crippen LogP contribution in [-0.2, 0) is 4.79 Å². The third-order valence-electron chi connectivity index (χ3n) is 7.12. The molecule has 1 aromatic heterocycles. The van der Waals surface area contributed by atoms with Gasteiger partial charge < -0.3 is 28.8 Å². The van der Waals surface area contributed by atoms with Crippen LogP contribution in [0.15, 0.2) is 39.5 Å². The number of hydrogen-bond acceptors (Lipinski definition) is 8. The van der Waals surface area contributed by atoms with Crippen LogP contribution >= 0.6 is 0 Å². The summed E-state index contributed by atoms with van der Waals surface area (Å²) in [5.41, 5.74) is 3.01. The van der Waals surface area contributed by atoms with Crippen molar-refractivity contribution in [1.82, 2.24) is 15.1 Å². The van der Waals surface area contributed by atoms with Crippen molar-refractivity contribution in [3.63, 3.8) is 0 Å². The zero-order chi connectivity index (χ0) is 28.8. The summed E-state index contributed by atoms with van der Waals surface area (Å²) in [7, 11) is 3.08. The molecule has 0 aliphatic carbocycles. The van der Waals surface area contributed by atoms with Gasteiger partial charge in [0.25, 0.3) is 0 Å². The van der Waals surface area contributed by atoms with E-state index in [1.807, 2.05) is 39.8 Å². The molecule has 0 spiro atoms. The van der Waals surface area contributed by atoms with Gasteiger partial charge in [-0.3, -0.25) is 14.5 Å². The number of ether oxygens (including phenoxy) is 3. The average Bonchev–Trinajstić information content (AvgIpc) is 2.91. The van der Waals surface area contributed by atoms with Gasteiger partial charge in [0, 0.05) is 62.5 Å². The normalized spacial score (nSPS) is 14.5. The molecule has 1 aliphatic heterocycles. The fraction of sp³-hybridized carbons (Fsp3) is 0.484. The Balaban J connectivity index is 1.34. The highest BCUT2D eigenvalue weighted by molar-refractivity contribution is 5.86. The van der Waals surface area contributed by atoms with Crippen LogP contribution in [0, 0.1) is 13.8 Å². The number of aryl methyl sites for hydroxylation is 2. The maximum absolute atomic E-state index is 13.0. The molecular weight excluding hydrogens is 510 g/mol. The van der Waals surface area contributed by atoms with Gasteiger partial charge in [-0.2, -0.15) is 0 Å². The number of carbonyl (C=O) groups excluding carboxylic acids is 1. The maximum atomic E-state index is 13.0. The molecule has 0 radical (unpaired) electrons. The SMILES string of the molecule is COc1cc(OC)c2c(=O)cc(-c3cc(C)c(OCCCN4CCN(CC(=O)NC(C)C)CC4)c(C)c3)oc2c1. The fourth-order valence-corrected chi connectivity index (χ4v) is 5.17. The van der Waals surface area contributed by atoms with Crippen molar-refractivity contribution >= 4 is 16.9 Å². The minimum Gasteiger partial charge on any atom is -0.496 e. The van der Waals surface area contributed by atoms with Gasteiger partial charge in [-0.05, 0) is 57.4 Å². The molecule has 0 bridgehead atoms. The van der Waals surface area contributed by atoms with Gasteiger partial charge in [0.1, 0.15) is 34.0 Å². The molecule has 9 heteroatoms. The summed E-state index contributed by atoms with van der Waals surface area (Å²) in [6, 6.07) is 9.02. The fourth-order valence-electron chi connectivity index (χ4n) is 5.17. The van der Waals surface area contributed by atoms with E-state index in [2.05, 4.69) is 15.1 Å². The molecule has 1 fully saturated rings. The number of hydrogen-bond donors (Lipinski definition) is 1. The van der Waals surface area contributed by atoms with E-state index in [1.54, 1.807) is 19.2 Å². The maximum Gasteiger partial charge on any atom is 0.234 e. The number of nitrogens with zero attached hydrogens (tertiary/aromatic N) is 2. The first-order valence-electron chi connectivity index (χ1n) is 13.9. The summed E-state index contributed by atoms with van der Waals surface area (Å²) in [5, 5.41) is 3.35. The third-order valence-corrected chi connectivity index (χ3v) is 7.12. The van der Waals surface area contributed by atoms with Crippen LogP contribution in [0.4, 0.5) is 0 Å². The van der Waals surface area contributed by atoms with Gasteiger partial charge in [-0.25, -0.2) is 0 Å². The average molecular weight is 552 g/mol. The van der Waals surface area contributed by atoms with Crippen molar-refractivity contribution in [3.05, 3.63) is 51.7 Å². The van der Waals surface area contributed by atoms with Gasteiger partial charge in [0.05, 0.1) is 27.4 Å². The molecular formula is C31H41N3O6. The Labute approximate surface area is 236 Å². The van der Waals surface area contributed by atoms with Gasteiger partial charge >= 0.3 is 0 Å². The Morgan fingerprint density at radius 3 is 2.27 bits per heavy atom. The Morgan fingerprint density at radius 1 is 0.975 bits per heavy atom. The zero-order valence-electron chi connectivity index (χ0n) is 24.5. The van der Waals surface area contributed by atoms with E-state index in [4.69, 9.17) is 18.6 Å². The van der Waals surface area contributed by atoms with Crippen molar-refractivity contribution in [3.8, 4) is 28.6 Å². The molecule has 2 aromatic carbocycles. The number of fused-ring (bicyclic) bond motifs is 1. The van der Waals surface area contributed by atoms with Gasteiger partial charge in [-0.15, -0.1) is 0 Å². The summed E-state index contributed by atoms with van der Waals surface area (Å²) in [5.74, 6) is 2.40. The Kier molecular flexibility index (Phi) is 9.71. The van der Waals surface area contributed by atoms with E-state index in [0.29, 0.717) is 41.4 Å². The lowest BCUT2D eigenvalue weighted by atomic mass is 10.0. The largest absolute Gasteiger partial charge is 0.496 e. The number of rotatable bonds is 11. The van der Waals surface area contributed by atoms with Crippen LogP contribution in [0.5, 0.6) is 17.2 Å². The number of amides is 1. The van der Waals surface area contributed by atoms with Crippen molar-refractivity contribution in [2.45, 2.75) is 40.2 Å². The number of piperazine rings is 1. The van der Waals surface area contributed by atoms with E-state index in [1.165, 1.54) is 13.2 Å². The minimum atomic E-state index is -0.175. The second kappa shape index (κ2) is 13.2. The van der Waals surface area contributed by atoms with E-state index in [0.717, 1.165) is 61.6 Å². The Bertz CT molecular complexity index is 1370. The standard InChI is InChI=1S/C31H41N3O6/c1-20(2)32-29(36)19-34-11-9-33(10-12-34)8-7-13-39-31-21(3)14-23(15-22(31)4)26-18-25(35)30-27(38-6)16-24(37-5)17-28(30)40-26/h14-18,20H,7-13,19H2,1-6H3,(H,32,36). The minimum absolute atomic E-state index is 0.0943. The zero-order valence-corrected chi connectivity index (χ0v) is 24.5. The van der Waals surface area contributed by atoms with Gasteiger partial charge in [-0.1, -0.05) is 0 Å². The first kappa shape index (κ1) is 29.4. The molecule has 1 N–H and O–H groups in total. The molecule has 9 nitrogen and oxygen atoms in total. The molecule has 0 unspecified atom stereocenters. The Hall–Kier alpha value is -3.56.